The van der Waals surface area contributed by atoms with Gasteiger partial charge in [0.05, 0.1) is 5.69 Å². The van der Waals surface area contributed by atoms with Crippen molar-refractivity contribution in [3.63, 3.8) is 0 Å². The fraction of sp³-hybridized carbons (Fsp3) is 0.0714. The maximum absolute atomic E-state index is 13.5. The van der Waals surface area contributed by atoms with E-state index >= 15 is 0 Å². The van der Waals surface area contributed by atoms with Gasteiger partial charge >= 0.3 is 0 Å². The van der Waals surface area contributed by atoms with Crippen molar-refractivity contribution in [1.29, 1.82) is 0 Å². The van der Waals surface area contributed by atoms with Crippen molar-refractivity contribution in [2.45, 2.75) is 6.54 Å². The number of rotatable bonds is 4. The molecule has 5 heteroatoms. The summed E-state index contributed by atoms with van der Waals surface area (Å²) >= 11 is 1.56. The molecule has 2 rings (SSSR count). The molecule has 0 radical (unpaired) electrons. The minimum absolute atomic E-state index is 0.282. The summed E-state index contributed by atoms with van der Waals surface area (Å²) in [4.78, 5) is 4.28. The lowest BCUT2D eigenvalue weighted by atomic mass is 10.0. The van der Waals surface area contributed by atoms with Crippen LogP contribution < -0.4 is 11.5 Å². The Labute approximate surface area is 115 Å². The molecule has 1 aromatic heterocycles. The second kappa shape index (κ2) is 6.26. The van der Waals surface area contributed by atoms with Crippen molar-refractivity contribution >= 4 is 28.8 Å². The van der Waals surface area contributed by atoms with Gasteiger partial charge in [-0.15, -0.1) is 0 Å². The maximum atomic E-state index is 13.5. The summed E-state index contributed by atoms with van der Waals surface area (Å²) in [6.45, 7) is 0.282. The molecule has 0 atom stereocenters. The number of nitrogens with two attached hydrogens (primary N) is 2. The zero-order valence-electron chi connectivity index (χ0n) is 10.2. The lowest BCUT2D eigenvalue weighted by Gasteiger charge is -2.05. The molecule has 0 spiro atoms. The second-order valence-corrected chi connectivity index (χ2v) is 4.69. The molecule has 2 aromatic rings. The Kier molecular flexibility index (Phi) is 4.43. The van der Waals surface area contributed by atoms with Crippen LogP contribution in [-0.4, -0.2) is 6.21 Å². The van der Waals surface area contributed by atoms with Gasteiger partial charge in [-0.1, -0.05) is 0 Å². The Hall–Kier alpha value is -1.98. The Morgan fingerprint density at radius 2 is 2.21 bits per heavy atom. The highest BCUT2D eigenvalue weighted by Crippen LogP contribution is 2.19. The van der Waals surface area contributed by atoms with Crippen molar-refractivity contribution in [2.24, 2.45) is 16.5 Å². The summed E-state index contributed by atoms with van der Waals surface area (Å²) in [5.41, 5.74) is 14.0. The molecule has 0 fully saturated rings. The van der Waals surface area contributed by atoms with E-state index in [-0.39, 0.29) is 12.4 Å². The Balaban J connectivity index is 2.30. The molecule has 0 aliphatic rings. The van der Waals surface area contributed by atoms with Crippen LogP contribution >= 0.6 is 11.3 Å². The molecule has 0 aliphatic heterocycles. The van der Waals surface area contributed by atoms with Crippen molar-refractivity contribution < 1.29 is 4.39 Å². The summed E-state index contributed by atoms with van der Waals surface area (Å²) in [7, 11) is 0. The van der Waals surface area contributed by atoms with Gasteiger partial charge in [0.25, 0.3) is 0 Å². The fourth-order valence-electron chi connectivity index (χ4n) is 1.62. The molecule has 0 unspecified atom stereocenters. The number of aliphatic imine (C=N–C) groups is 1. The molecular weight excluding hydrogens is 261 g/mol. The topological polar surface area (TPSA) is 64.4 Å². The number of benzene rings is 1. The van der Waals surface area contributed by atoms with Crippen LogP contribution in [-0.2, 0) is 6.54 Å². The molecule has 98 valence electrons. The van der Waals surface area contributed by atoms with Crippen molar-refractivity contribution in [2.75, 3.05) is 0 Å². The second-order valence-electron chi connectivity index (χ2n) is 3.91. The molecule has 0 saturated heterocycles. The molecule has 1 aromatic carbocycles. The third-order valence-corrected chi connectivity index (χ3v) is 3.24. The first-order valence-corrected chi connectivity index (χ1v) is 6.65. The van der Waals surface area contributed by atoms with Crippen LogP contribution in [0.4, 0.5) is 10.1 Å². The molecule has 19 heavy (non-hydrogen) atoms. The molecule has 1 heterocycles. The van der Waals surface area contributed by atoms with E-state index in [1.165, 1.54) is 18.3 Å². The third kappa shape index (κ3) is 3.49. The van der Waals surface area contributed by atoms with Crippen molar-refractivity contribution in [3.8, 4) is 0 Å². The van der Waals surface area contributed by atoms with Crippen molar-refractivity contribution in [1.82, 2.24) is 0 Å². The maximum Gasteiger partial charge on any atom is 0.124 e. The highest BCUT2D eigenvalue weighted by molar-refractivity contribution is 7.08. The van der Waals surface area contributed by atoms with Crippen LogP contribution in [0.2, 0.25) is 0 Å². The largest absolute Gasteiger partial charge is 0.404 e. The van der Waals surface area contributed by atoms with Gasteiger partial charge in [-0.05, 0) is 40.8 Å². The molecule has 3 nitrogen and oxygen atoms in total. The average molecular weight is 275 g/mol. The Morgan fingerprint density at radius 1 is 1.37 bits per heavy atom. The van der Waals surface area contributed by atoms with Gasteiger partial charge in [0, 0.05) is 29.9 Å². The van der Waals surface area contributed by atoms with E-state index in [0.717, 1.165) is 11.3 Å². The zero-order valence-corrected chi connectivity index (χ0v) is 11.0. The van der Waals surface area contributed by atoms with Crippen LogP contribution in [0.15, 0.2) is 46.2 Å². The Bertz CT molecular complexity index is 603. The van der Waals surface area contributed by atoms with E-state index in [1.54, 1.807) is 23.6 Å². The quantitative estimate of drug-likeness (QED) is 0.842. The SMILES string of the molecule is NC=C(C=Nc1ccsc1)c1cc(F)cc(CN)c1. The fourth-order valence-corrected chi connectivity index (χ4v) is 2.20. The van der Waals surface area contributed by atoms with Gasteiger partial charge in [-0.2, -0.15) is 11.3 Å². The van der Waals surface area contributed by atoms with Crippen LogP contribution in [0.3, 0.4) is 0 Å². The van der Waals surface area contributed by atoms with E-state index < -0.39 is 0 Å². The summed E-state index contributed by atoms with van der Waals surface area (Å²) in [6, 6.07) is 6.53. The van der Waals surface area contributed by atoms with Crippen molar-refractivity contribution in [3.05, 3.63) is 58.2 Å². The smallest absolute Gasteiger partial charge is 0.124 e. The van der Waals surface area contributed by atoms with E-state index in [1.807, 2.05) is 16.8 Å². The third-order valence-electron chi connectivity index (χ3n) is 2.57. The van der Waals surface area contributed by atoms with Gasteiger partial charge in [0.15, 0.2) is 0 Å². The van der Waals surface area contributed by atoms with E-state index in [2.05, 4.69) is 4.99 Å². The van der Waals surface area contributed by atoms with Crippen LogP contribution in [0.5, 0.6) is 0 Å². The van der Waals surface area contributed by atoms with E-state index in [9.17, 15) is 4.39 Å². The van der Waals surface area contributed by atoms with E-state index in [0.29, 0.717) is 11.1 Å². The van der Waals surface area contributed by atoms with Gasteiger partial charge in [-0.25, -0.2) is 4.39 Å². The molecule has 0 amide bonds. The number of hydrogen-bond donors (Lipinski definition) is 2. The predicted molar refractivity (Wildman–Crippen MR) is 78.9 cm³/mol. The standard InChI is InChI=1S/C14H14FN3S/c15-13-4-10(6-16)3-11(5-13)12(7-17)8-18-14-1-2-19-9-14/h1-5,7-9H,6,16-17H2. The first kappa shape index (κ1) is 13.5. The van der Waals surface area contributed by atoms with Crippen LogP contribution in [0, 0.1) is 5.82 Å². The number of halogens is 1. The lowest BCUT2D eigenvalue weighted by molar-refractivity contribution is 0.625. The average Bonchev–Trinajstić information content (AvgIpc) is 2.92. The minimum Gasteiger partial charge on any atom is -0.404 e. The predicted octanol–water partition coefficient (Wildman–Crippen LogP) is 3.05. The minimum atomic E-state index is -0.332. The first-order valence-electron chi connectivity index (χ1n) is 5.71. The number of nitrogens with zero attached hydrogens (tertiary/aromatic N) is 1. The van der Waals surface area contributed by atoms with Gasteiger partial charge in [0.1, 0.15) is 5.82 Å². The normalized spacial score (nSPS) is 12.2. The Morgan fingerprint density at radius 3 is 2.84 bits per heavy atom. The number of allylic oxidation sites excluding steroid dienone is 1. The molecule has 0 bridgehead atoms. The summed E-state index contributed by atoms with van der Waals surface area (Å²) in [6.07, 6.45) is 3.03. The molecule has 0 aliphatic carbocycles. The monoisotopic (exact) mass is 275 g/mol. The number of thiophene rings is 1. The van der Waals surface area contributed by atoms with E-state index in [4.69, 9.17) is 11.5 Å². The molecular formula is C14H14FN3S. The number of hydrogen-bond acceptors (Lipinski definition) is 4. The molecule has 0 saturated carbocycles. The lowest BCUT2D eigenvalue weighted by Crippen LogP contribution is -2.00. The van der Waals surface area contributed by atoms with Gasteiger partial charge in [-0.3, -0.25) is 4.99 Å². The van der Waals surface area contributed by atoms with Gasteiger partial charge < -0.3 is 11.5 Å². The zero-order chi connectivity index (χ0) is 13.7. The molecule has 4 N–H and O–H groups in total. The van der Waals surface area contributed by atoms with Gasteiger partial charge in [0.2, 0.25) is 0 Å². The highest BCUT2D eigenvalue weighted by atomic mass is 32.1. The summed E-state index contributed by atoms with van der Waals surface area (Å²) in [5.74, 6) is -0.332. The summed E-state index contributed by atoms with van der Waals surface area (Å²) in [5, 5.41) is 3.86. The van der Waals surface area contributed by atoms with Crippen LogP contribution in [0.1, 0.15) is 11.1 Å². The summed E-state index contributed by atoms with van der Waals surface area (Å²) < 4.78 is 13.5. The highest BCUT2D eigenvalue weighted by Gasteiger charge is 2.03. The first-order chi connectivity index (χ1) is 9.22. The van der Waals surface area contributed by atoms with Crippen LogP contribution in [0.25, 0.3) is 5.57 Å².